The topological polar surface area (TPSA) is 90.3 Å². The highest BCUT2D eigenvalue weighted by molar-refractivity contribution is 7.16. The van der Waals surface area contributed by atoms with E-state index in [4.69, 9.17) is 0 Å². The van der Waals surface area contributed by atoms with Crippen molar-refractivity contribution in [2.75, 3.05) is 13.7 Å². The molecule has 0 radical (unpaired) electrons. The summed E-state index contributed by atoms with van der Waals surface area (Å²) in [6.45, 7) is 0.270. The molecule has 2 rings (SSSR count). The van der Waals surface area contributed by atoms with E-state index < -0.39 is 0 Å². The normalized spacial score (nSPS) is 10.5. The summed E-state index contributed by atoms with van der Waals surface area (Å²) >= 11 is 1.38. The Kier molecular flexibility index (Phi) is 5.04. The molecule has 1 amide bonds. The Hall–Kier alpha value is -2.22. The SMILES string of the molecule is COC(=O)CCCNC(=O)Cn1cnc2sccc2c1=O. The summed E-state index contributed by atoms with van der Waals surface area (Å²) in [6.07, 6.45) is 2.11. The zero-order valence-corrected chi connectivity index (χ0v) is 12.3. The van der Waals surface area contributed by atoms with E-state index >= 15 is 0 Å². The number of rotatable bonds is 6. The molecular weight excluding hydrogens is 294 g/mol. The standard InChI is InChI=1S/C13H15N3O4S/c1-20-11(18)3-2-5-14-10(17)7-16-8-15-12-9(13(16)19)4-6-21-12/h4,6,8H,2-3,5,7H2,1H3,(H,14,17). The van der Waals surface area contributed by atoms with Gasteiger partial charge in [-0.3, -0.25) is 19.0 Å². The summed E-state index contributed by atoms with van der Waals surface area (Å²) in [5.41, 5.74) is -0.231. The van der Waals surface area contributed by atoms with Crippen molar-refractivity contribution in [2.45, 2.75) is 19.4 Å². The third-order valence-corrected chi connectivity index (χ3v) is 3.69. The van der Waals surface area contributed by atoms with Crippen LogP contribution in [-0.4, -0.2) is 35.1 Å². The molecular formula is C13H15N3O4S. The minimum Gasteiger partial charge on any atom is -0.469 e. The van der Waals surface area contributed by atoms with Crippen molar-refractivity contribution in [1.82, 2.24) is 14.9 Å². The number of nitrogens with one attached hydrogen (secondary N) is 1. The number of nitrogens with zero attached hydrogens (tertiary/aromatic N) is 2. The average Bonchev–Trinajstić information content (AvgIpc) is 2.95. The van der Waals surface area contributed by atoms with Crippen LogP contribution < -0.4 is 10.9 Å². The van der Waals surface area contributed by atoms with Crippen molar-refractivity contribution < 1.29 is 14.3 Å². The quantitative estimate of drug-likeness (QED) is 0.621. The van der Waals surface area contributed by atoms with E-state index in [1.807, 2.05) is 0 Å². The third-order valence-electron chi connectivity index (χ3n) is 2.87. The predicted octanol–water partition coefficient (Wildman–Crippen LogP) is 0.527. The van der Waals surface area contributed by atoms with Gasteiger partial charge in [0.1, 0.15) is 11.4 Å². The number of fused-ring (bicyclic) bond motifs is 1. The molecule has 0 saturated carbocycles. The van der Waals surface area contributed by atoms with Gasteiger partial charge >= 0.3 is 5.97 Å². The van der Waals surface area contributed by atoms with Crippen molar-refractivity contribution in [3.05, 3.63) is 28.1 Å². The number of thiophene rings is 1. The lowest BCUT2D eigenvalue weighted by Crippen LogP contribution is -2.33. The fourth-order valence-electron chi connectivity index (χ4n) is 1.78. The van der Waals surface area contributed by atoms with Gasteiger partial charge in [0.05, 0.1) is 18.8 Å². The molecule has 21 heavy (non-hydrogen) atoms. The van der Waals surface area contributed by atoms with Gasteiger partial charge in [0, 0.05) is 13.0 Å². The van der Waals surface area contributed by atoms with Gasteiger partial charge in [0.25, 0.3) is 5.56 Å². The molecule has 0 aliphatic heterocycles. The number of hydrogen-bond donors (Lipinski definition) is 1. The molecule has 8 heteroatoms. The summed E-state index contributed by atoms with van der Waals surface area (Å²) in [6, 6.07) is 1.69. The Labute approximate surface area is 124 Å². The monoisotopic (exact) mass is 309 g/mol. The number of carbonyl (C=O) groups excluding carboxylic acids is 2. The number of hydrogen-bond acceptors (Lipinski definition) is 6. The van der Waals surface area contributed by atoms with E-state index in [0.29, 0.717) is 23.2 Å². The molecule has 0 aliphatic rings. The van der Waals surface area contributed by atoms with Gasteiger partial charge in [-0.05, 0) is 17.9 Å². The third kappa shape index (κ3) is 3.88. The van der Waals surface area contributed by atoms with E-state index in [1.54, 1.807) is 11.4 Å². The molecule has 0 atom stereocenters. The van der Waals surface area contributed by atoms with E-state index in [2.05, 4.69) is 15.0 Å². The van der Waals surface area contributed by atoms with Gasteiger partial charge in [-0.15, -0.1) is 11.3 Å². The molecule has 0 saturated heterocycles. The van der Waals surface area contributed by atoms with Gasteiger partial charge in [0.15, 0.2) is 0 Å². The van der Waals surface area contributed by atoms with Gasteiger partial charge in [-0.1, -0.05) is 0 Å². The van der Waals surface area contributed by atoms with Gasteiger partial charge < -0.3 is 10.1 Å². The number of amides is 1. The zero-order valence-electron chi connectivity index (χ0n) is 11.5. The summed E-state index contributed by atoms with van der Waals surface area (Å²) in [4.78, 5) is 39.5. The van der Waals surface area contributed by atoms with E-state index in [-0.39, 0.29) is 30.4 Å². The average molecular weight is 309 g/mol. The van der Waals surface area contributed by atoms with Crippen molar-refractivity contribution >= 4 is 33.4 Å². The lowest BCUT2D eigenvalue weighted by molar-refractivity contribution is -0.140. The van der Waals surface area contributed by atoms with Crippen LogP contribution in [0, 0.1) is 0 Å². The van der Waals surface area contributed by atoms with E-state index in [0.717, 1.165) is 0 Å². The summed E-state index contributed by atoms with van der Waals surface area (Å²) in [5.74, 6) is -0.606. The van der Waals surface area contributed by atoms with Crippen molar-refractivity contribution in [2.24, 2.45) is 0 Å². The number of methoxy groups -OCH3 is 1. The second-order valence-electron chi connectivity index (χ2n) is 4.35. The van der Waals surface area contributed by atoms with Crippen LogP contribution in [0.25, 0.3) is 10.2 Å². The number of ether oxygens (including phenoxy) is 1. The smallest absolute Gasteiger partial charge is 0.305 e. The summed E-state index contributed by atoms with van der Waals surface area (Å²) < 4.78 is 5.77. The molecule has 7 nitrogen and oxygen atoms in total. The predicted molar refractivity (Wildman–Crippen MR) is 78.1 cm³/mol. The van der Waals surface area contributed by atoms with Crippen LogP contribution in [0.1, 0.15) is 12.8 Å². The number of carbonyl (C=O) groups is 2. The van der Waals surface area contributed by atoms with Crippen LogP contribution in [0.4, 0.5) is 0 Å². The minimum atomic E-state index is -0.312. The highest BCUT2D eigenvalue weighted by atomic mass is 32.1. The first-order valence-electron chi connectivity index (χ1n) is 6.38. The molecule has 1 N–H and O–H groups in total. The lowest BCUT2D eigenvalue weighted by Gasteiger charge is -2.06. The molecule has 2 heterocycles. The number of aromatic nitrogens is 2. The number of esters is 1. The molecule has 0 aromatic carbocycles. The molecule has 2 aromatic rings. The van der Waals surface area contributed by atoms with Crippen molar-refractivity contribution in [3.63, 3.8) is 0 Å². The molecule has 0 bridgehead atoms. The highest BCUT2D eigenvalue weighted by Gasteiger charge is 2.08. The second kappa shape index (κ2) is 6.98. The van der Waals surface area contributed by atoms with Crippen LogP contribution in [0.5, 0.6) is 0 Å². The van der Waals surface area contributed by atoms with Crippen LogP contribution in [-0.2, 0) is 20.9 Å². The van der Waals surface area contributed by atoms with Gasteiger partial charge in [-0.25, -0.2) is 4.98 Å². The zero-order chi connectivity index (χ0) is 15.2. The maximum absolute atomic E-state index is 12.1. The van der Waals surface area contributed by atoms with Crippen molar-refractivity contribution in [1.29, 1.82) is 0 Å². The first kappa shape index (κ1) is 15.2. The molecule has 2 aromatic heterocycles. The summed E-state index contributed by atoms with van der Waals surface area (Å²) in [5, 5.41) is 4.95. The summed E-state index contributed by atoms with van der Waals surface area (Å²) in [7, 11) is 1.32. The van der Waals surface area contributed by atoms with Crippen LogP contribution in [0.3, 0.4) is 0 Å². The maximum atomic E-state index is 12.1. The van der Waals surface area contributed by atoms with E-state index in [1.165, 1.54) is 29.3 Å². The lowest BCUT2D eigenvalue weighted by atomic mass is 10.3. The fourth-order valence-corrected chi connectivity index (χ4v) is 2.50. The maximum Gasteiger partial charge on any atom is 0.305 e. The Bertz CT molecular complexity index is 707. The van der Waals surface area contributed by atoms with Crippen molar-refractivity contribution in [3.8, 4) is 0 Å². The Morgan fingerprint density at radius 2 is 2.29 bits per heavy atom. The van der Waals surface area contributed by atoms with E-state index in [9.17, 15) is 14.4 Å². The van der Waals surface area contributed by atoms with Crippen LogP contribution in [0.15, 0.2) is 22.6 Å². The molecule has 0 aliphatic carbocycles. The molecule has 112 valence electrons. The minimum absolute atomic E-state index is 0.0875. The second-order valence-corrected chi connectivity index (χ2v) is 5.24. The largest absolute Gasteiger partial charge is 0.469 e. The molecule has 0 spiro atoms. The van der Waals surface area contributed by atoms with Gasteiger partial charge in [-0.2, -0.15) is 0 Å². The Balaban J connectivity index is 1.88. The fraction of sp³-hybridized carbons (Fsp3) is 0.385. The first-order chi connectivity index (χ1) is 10.1. The highest BCUT2D eigenvalue weighted by Crippen LogP contribution is 2.12. The van der Waals surface area contributed by atoms with Crippen LogP contribution >= 0.6 is 11.3 Å². The van der Waals surface area contributed by atoms with Gasteiger partial charge in [0.2, 0.25) is 5.91 Å². The Morgan fingerprint density at radius 1 is 1.48 bits per heavy atom. The molecule has 0 unspecified atom stereocenters. The molecule has 0 fully saturated rings. The first-order valence-corrected chi connectivity index (χ1v) is 7.26. The van der Waals surface area contributed by atoms with Crippen LogP contribution in [0.2, 0.25) is 0 Å². The Morgan fingerprint density at radius 3 is 3.05 bits per heavy atom.